The van der Waals surface area contributed by atoms with Gasteiger partial charge in [-0.05, 0) is 12.1 Å². The summed E-state index contributed by atoms with van der Waals surface area (Å²) < 4.78 is 0. The Balaban J connectivity index is 3.39. The summed E-state index contributed by atoms with van der Waals surface area (Å²) in [5, 5.41) is 17.6. The van der Waals surface area contributed by atoms with Crippen LogP contribution in [0.1, 0.15) is 11.1 Å². The highest BCUT2D eigenvalue weighted by Gasteiger charge is 2.09. The van der Waals surface area contributed by atoms with Crippen LogP contribution in [0.4, 0.5) is 5.69 Å². The third kappa shape index (κ3) is 1.72. The highest BCUT2D eigenvalue weighted by Crippen LogP contribution is 2.24. The molecule has 0 saturated carbocycles. The number of nitrogens with zero attached hydrogens (tertiary/aromatic N) is 2. The molecule has 0 fully saturated rings. The van der Waals surface area contributed by atoms with Crippen LogP contribution in [0.3, 0.4) is 0 Å². The summed E-state index contributed by atoms with van der Waals surface area (Å²) in [4.78, 5) is 0. The van der Waals surface area contributed by atoms with Crippen molar-refractivity contribution in [2.75, 3.05) is 5.73 Å². The fraction of sp³-hybridized carbons (Fsp3) is 0.111. The van der Waals surface area contributed by atoms with Crippen molar-refractivity contribution >= 4 is 17.3 Å². The fourth-order valence-corrected chi connectivity index (χ4v) is 1.25. The summed E-state index contributed by atoms with van der Waals surface area (Å²) >= 11 is 5.75. The number of benzene rings is 1. The molecule has 2 N–H and O–H groups in total. The van der Waals surface area contributed by atoms with E-state index in [2.05, 4.69) is 0 Å². The van der Waals surface area contributed by atoms with Crippen molar-refractivity contribution in [1.82, 2.24) is 0 Å². The molecule has 4 heteroatoms. The van der Waals surface area contributed by atoms with Gasteiger partial charge in [-0.1, -0.05) is 11.6 Å². The van der Waals surface area contributed by atoms with E-state index in [9.17, 15) is 0 Å². The first-order valence-electron chi connectivity index (χ1n) is 3.54. The number of nitriles is 2. The number of rotatable bonds is 1. The molecule has 13 heavy (non-hydrogen) atoms. The number of hydrogen-bond acceptors (Lipinski definition) is 3. The van der Waals surface area contributed by atoms with Gasteiger partial charge in [0.05, 0.1) is 23.1 Å². The Labute approximate surface area is 81.0 Å². The van der Waals surface area contributed by atoms with Gasteiger partial charge in [-0.3, -0.25) is 0 Å². The van der Waals surface area contributed by atoms with Crippen molar-refractivity contribution in [3.05, 3.63) is 28.3 Å². The van der Waals surface area contributed by atoms with E-state index in [1.165, 1.54) is 0 Å². The topological polar surface area (TPSA) is 73.6 Å². The van der Waals surface area contributed by atoms with Crippen molar-refractivity contribution < 1.29 is 0 Å². The maximum Gasteiger partial charge on any atom is 0.101 e. The van der Waals surface area contributed by atoms with Crippen molar-refractivity contribution in [1.29, 1.82) is 10.5 Å². The zero-order valence-electron chi connectivity index (χ0n) is 6.71. The van der Waals surface area contributed by atoms with Crippen molar-refractivity contribution in [2.24, 2.45) is 0 Å². The van der Waals surface area contributed by atoms with Crippen LogP contribution >= 0.6 is 11.6 Å². The number of hydrogen-bond donors (Lipinski definition) is 1. The quantitative estimate of drug-likeness (QED) is 0.689. The lowest BCUT2D eigenvalue weighted by molar-refractivity contribution is 1.25. The Morgan fingerprint density at radius 1 is 1.38 bits per heavy atom. The van der Waals surface area contributed by atoms with Crippen LogP contribution in [0.15, 0.2) is 12.1 Å². The van der Waals surface area contributed by atoms with Gasteiger partial charge >= 0.3 is 0 Å². The van der Waals surface area contributed by atoms with Crippen LogP contribution < -0.4 is 5.73 Å². The summed E-state index contributed by atoms with van der Waals surface area (Å²) in [6.07, 6.45) is 0.106. The van der Waals surface area contributed by atoms with Crippen LogP contribution in [0, 0.1) is 22.7 Å². The molecular formula is C9H6ClN3. The summed E-state index contributed by atoms with van der Waals surface area (Å²) in [5.41, 5.74) is 6.83. The van der Waals surface area contributed by atoms with Crippen molar-refractivity contribution in [2.45, 2.75) is 6.42 Å². The highest BCUT2D eigenvalue weighted by atomic mass is 35.5. The van der Waals surface area contributed by atoms with Crippen LogP contribution in [-0.4, -0.2) is 0 Å². The van der Waals surface area contributed by atoms with Gasteiger partial charge in [0.25, 0.3) is 0 Å². The molecule has 1 aromatic rings. The summed E-state index contributed by atoms with van der Waals surface area (Å²) in [7, 11) is 0. The fourth-order valence-electron chi connectivity index (χ4n) is 1.03. The second-order valence-corrected chi connectivity index (χ2v) is 2.84. The summed E-state index contributed by atoms with van der Waals surface area (Å²) in [6, 6.07) is 7.01. The molecule has 0 heterocycles. The Morgan fingerprint density at radius 2 is 2.08 bits per heavy atom. The minimum absolute atomic E-state index is 0.106. The van der Waals surface area contributed by atoms with Crippen LogP contribution in [0.2, 0.25) is 5.02 Å². The SMILES string of the molecule is N#CCc1c(N)ccc(Cl)c1C#N. The van der Waals surface area contributed by atoms with Gasteiger partial charge in [0.15, 0.2) is 0 Å². The van der Waals surface area contributed by atoms with E-state index in [4.69, 9.17) is 27.9 Å². The second-order valence-electron chi connectivity index (χ2n) is 2.44. The zero-order valence-corrected chi connectivity index (χ0v) is 7.47. The van der Waals surface area contributed by atoms with E-state index in [0.717, 1.165) is 0 Å². The molecule has 0 aromatic heterocycles. The Bertz CT molecular complexity index is 412. The third-order valence-corrected chi connectivity index (χ3v) is 1.98. The molecule has 0 spiro atoms. The van der Waals surface area contributed by atoms with E-state index in [-0.39, 0.29) is 6.42 Å². The molecule has 0 amide bonds. The molecule has 0 saturated heterocycles. The Kier molecular flexibility index (Phi) is 2.74. The van der Waals surface area contributed by atoms with Gasteiger partial charge < -0.3 is 5.73 Å². The normalized spacial score (nSPS) is 8.85. The van der Waals surface area contributed by atoms with E-state index >= 15 is 0 Å². The van der Waals surface area contributed by atoms with Crippen LogP contribution in [0.5, 0.6) is 0 Å². The van der Waals surface area contributed by atoms with Crippen molar-refractivity contribution in [3.8, 4) is 12.1 Å². The van der Waals surface area contributed by atoms with E-state index in [1.54, 1.807) is 12.1 Å². The molecule has 0 unspecified atom stereocenters. The molecule has 0 bridgehead atoms. The highest BCUT2D eigenvalue weighted by molar-refractivity contribution is 6.32. The number of nitrogen functional groups attached to an aromatic ring is 1. The van der Waals surface area contributed by atoms with Crippen LogP contribution in [0.25, 0.3) is 0 Å². The van der Waals surface area contributed by atoms with Gasteiger partial charge in [-0.2, -0.15) is 10.5 Å². The molecular weight excluding hydrogens is 186 g/mol. The number of anilines is 1. The molecule has 0 aliphatic heterocycles. The Morgan fingerprint density at radius 3 is 2.62 bits per heavy atom. The average molecular weight is 192 g/mol. The van der Waals surface area contributed by atoms with Gasteiger partial charge in [-0.25, -0.2) is 0 Å². The minimum Gasteiger partial charge on any atom is -0.398 e. The standard InChI is InChI=1S/C9H6ClN3/c10-8-1-2-9(13)6(3-4-11)7(8)5-12/h1-2H,3,13H2. The van der Waals surface area contributed by atoms with Gasteiger partial charge in [0.1, 0.15) is 6.07 Å². The maximum atomic E-state index is 8.75. The summed E-state index contributed by atoms with van der Waals surface area (Å²) in [6.45, 7) is 0. The lowest BCUT2D eigenvalue weighted by Crippen LogP contribution is -1.97. The number of nitrogens with two attached hydrogens (primary N) is 1. The van der Waals surface area contributed by atoms with E-state index in [1.807, 2.05) is 12.1 Å². The second kappa shape index (κ2) is 3.80. The molecule has 0 aliphatic rings. The molecule has 1 aromatic carbocycles. The molecule has 0 radical (unpaired) electrons. The van der Waals surface area contributed by atoms with E-state index < -0.39 is 0 Å². The molecule has 1 rings (SSSR count). The van der Waals surface area contributed by atoms with E-state index in [0.29, 0.717) is 21.8 Å². The van der Waals surface area contributed by atoms with Crippen molar-refractivity contribution in [3.63, 3.8) is 0 Å². The Hall–Kier alpha value is -1.71. The summed E-state index contributed by atoms with van der Waals surface area (Å²) in [5.74, 6) is 0. The third-order valence-electron chi connectivity index (χ3n) is 1.67. The lowest BCUT2D eigenvalue weighted by Gasteiger charge is -2.04. The predicted octanol–water partition coefficient (Wildman–Crippen LogP) is 1.86. The van der Waals surface area contributed by atoms with Gasteiger partial charge in [0, 0.05) is 11.3 Å². The number of halogens is 1. The molecule has 64 valence electrons. The minimum atomic E-state index is 0.106. The van der Waals surface area contributed by atoms with Gasteiger partial charge in [-0.15, -0.1) is 0 Å². The molecule has 0 aliphatic carbocycles. The molecule has 3 nitrogen and oxygen atoms in total. The smallest absolute Gasteiger partial charge is 0.101 e. The average Bonchev–Trinajstić information content (AvgIpc) is 2.12. The van der Waals surface area contributed by atoms with Gasteiger partial charge in [0.2, 0.25) is 0 Å². The predicted molar refractivity (Wildman–Crippen MR) is 49.9 cm³/mol. The monoisotopic (exact) mass is 191 g/mol. The zero-order chi connectivity index (χ0) is 9.84. The largest absolute Gasteiger partial charge is 0.398 e. The first kappa shape index (κ1) is 9.38. The molecule has 0 atom stereocenters. The maximum absolute atomic E-state index is 8.75. The van der Waals surface area contributed by atoms with Crippen LogP contribution in [-0.2, 0) is 6.42 Å². The first-order valence-corrected chi connectivity index (χ1v) is 3.92. The lowest BCUT2D eigenvalue weighted by atomic mass is 10.0. The first-order chi connectivity index (χ1) is 6.20.